The zero-order valence-electron chi connectivity index (χ0n) is 39.9. The number of hydrogen-bond donors (Lipinski definition) is 0. The number of allylic oxidation sites excluding steroid dienone is 6. The number of hydrogen-bond acceptors (Lipinski definition) is 2. The third-order valence-corrected chi connectivity index (χ3v) is 16.7. The van der Waals surface area contributed by atoms with E-state index in [0.29, 0.717) is 0 Å². The molecule has 0 aliphatic heterocycles. The van der Waals surface area contributed by atoms with Crippen LogP contribution in [0.4, 0.5) is 0 Å². The zero-order valence-corrected chi connectivity index (χ0v) is 47.6. The van der Waals surface area contributed by atoms with E-state index >= 15 is 0 Å². The average Bonchev–Trinajstić information content (AvgIpc) is 4.30. The van der Waals surface area contributed by atoms with Crippen molar-refractivity contribution in [3.63, 3.8) is 0 Å². The molecule has 0 saturated heterocycles. The molecule has 16 rings (SSSR count). The first kappa shape index (κ1) is 51.8. The Morgan fingerprint density at radius 2 is 0.645 bits per heavy atom. The molecule has 0 aromatic heterocycles. The molecule has 0 amide bonds. The van der Waals surface area contributed by atoms with Gasteiger partial charge in [0, 0.05) is 22.3 Å². The van der Waals surface area contributed by atoms with Crippen molar-refractivity contribution in [3.8, 4) is 0 Å². The Morgan fingerprint density at radius 1 is 0.355 bits per heavy atom. The molecule has 2 atom stereocenters. The summed E-state index contributed by atoms with van der Waals surface area (Å²) in [4.78, 5) is 24.9. The van der Waals surface area contributed by atoms with Gasteiger partial charge in [0.15, 0.2) is 20.2 Å². The number of Topliss-reactive ketones (excluding diaryl/α,β-unsaturated/α-hetero) is 2. The van der Waals surface area contributed by atoms with Crippen LogP contribution < -0.4 is 0 Å². The van der Waals surface area contributed by atoms with Crippen LogP contribution in [0.1, 0.15) is 110 Å². The second kappa shape index (κ2) is 19.5. The van der Waals surface area contributed by atoms with E-state index in [1.807, 2.05) is 97.1 Å². The summed E-state index contributed by atoms with van der Waals surface area (Å²) in [5, 5.41) is 0. The first-order valence-corrected chi connectivity index (χ1v) is 32.7. The van der Waals surface area contributed by atoms with Gasteiger partial charge in [0.05, 0.1) is 11.8 Å². The molecule has 0 spiro atoms. The molecule has 376 valence electrons. The van der Waals surface area contributed by atoms with Crippen molar-refractivity contribution in [1.29, 1.82) is 0 Å². The predicted molar refractivity (Wildman–Crippen MR) is 325 cm³/mol. The Balaban J connectivity index is 0.0000000989. The minimum absolute atomic E-state index is 0.0916. The molecule has 76 heavy (non-hydrogen) atoms. The molecule has 8 aliphatic rings. The predicted octanol–water partition coefficient (Wildman–Crippen LogP) is 20.9. The van der Waals surface area contributed by atoms with E-state index in [-0.39, 0.29) is 23.4 Å². The summed E-state index contributed by atoms with van der Waals surface area (Å²) in [6.07, 6.45) is 6.85. The van der Waals surface area contributed by atoms with Crippen molar-refractivity contribution >= 4 is 163 Å². The molecule has 0 heterocycles. The number of fused-ring (bicyclic) bond motifs is 18. The topological polar surface area (TPSA) is 34.1 Å². The molecule has 0 fully saturated rings. The Hall–Kier alpha value is -4.90. The summed E-state index contributed by atoms with van der Waals surface area (Å²) in [5.74, 6) is -0.389. The average molecular weight is 1190 g/mol. The van der Waals surface area contributed by atoms with Crippen LogP contribution in [0.15, 0.2) is 194 Å². The van der Waals surface area contributed by atoms with Crippen LogP contribution in [-0.4, -0.2) is 11.6 Å². The van der Waals surface area contributed by atoms with Crippen LogP contribution in [0, 0.1) is 0 Å². The van der Waals surface area contributed by atoms with Crippen LogP contribution in [0.25, 0.3) is 45.6 Å². The fourth-order valence-corrected chi connectivity index (χ4v) is 13.5. The molecule has 12 heteroatoms. The van der Waals surface area contributed by atoms with Crippen molar-refractivity contribution in [2.75, 3.05) is 0 Å². The summed E-state index contributed by atoms with van der Waals surface area (Å²) in [7, 11) is 0. The van der Waals surface area contributed by atoms with Crippen molar-refractivity contribution in [2.45, 2.75) is 33.3 Å². The van der Waals surface area contributed by atoms with Crippen molar-refractivity contribution in [2.24, 2.45) is 0 Å². The summed E-state index contributed by atoms with van der Waals surface area (Å²) in [6.45, 7) is 0. The Labute approximate surface area is 485 Å². The Bertz CT molecular complexity index is 3650. The Kier molecular flexibility index (Phi) is 13.3. The quantitative estimate of drug-likeness (QED) is 0.112. The second-order valence-corrected chi connectivity index (χ2v) is 38.7. The summed E-state index contributed by atoms with van der Waals surface area (Å²) in [6, 6.07) is 65.3. The van der Waals surface area contributed by atoms with Gasteiger partial charge >= 0.3 is 59.6 Å². The third kappa shape index (κ3) is 9.15. The van der Waals surface area contributed by atoms with Crippen molar-refractivity contribution in [1.82, 2.24) is 0 Å². The minimum atomic E-state index is -3.69. The molecule has 8 aliphatic carbocycles. The molecule has 8 aromatic carbocycles. The van der Waals surface area contributed by atoms with Gasteiger partial charge in [0.2, 0.25) is 0 Å². The SMILES string of the molecule is C1=C2C(=Cc3ccccc32)c2ccccc21.ClC1(Cl)C2=C(c3ccccc31)C(Cl)(Cl)c1ccccc12.ClP(Cl)(Cl)(Cl)Cl.O=C1c2ccccc2C2C(=O)c3ccccc3C12.c1ccc2c(c1)CC1=C2Cc2ccccc21. The first-order chi connectivity index (χ1) is 36.3. The number of benzene rings is 8. The minimum Gasteiger partial charge on any atom is -0.293 e. The van der Waals surface area contributed by atoms with Gasteiger partial charge in [0.25, 0.3) is 0 Å². The van der Waals surface area contributed by atoms with E-state index < -0.39 is 12.0 Å². The standard InChI is InChI=1S/C16H8Cl4.C16H10O2.C16H12.C16H10.Cl5P/c17-15(18)11-7-3-1-5-9(11)13-14(15)10-6-2-4-8-12(10)16(13,19)20;17-15-11-7-3-1-5-9(11)13-14(15)10-6-2-4-8-12(10)16(13)18;2*1-3-7-13-11(5-1)9-15-14-8-4-2-6-12(14)10-16(13)15;1-6(2,3,4)5/h1-8H;1-8,13-14H;1-8H,9-10H2;1-10H;. The van der Waals surface area contributed by atoms with Gasteiger partial charge in [-0.25, -0.2) is 0 Å². The summed E-state index contributed by atoms with van der Waals surface area (Å²) < 4.78 is -5.92. The summed E-state index contributed by atoms with van der Waals surface area (Å²) in [5.41, 5.74) is 25.7. The first-order valence-electron chi connectivity index (χ1n) is 24.4. The normalized spacial score (nSPS) is 19.1. The second-order valence-electron chi connectivity index (χ2n) is 19.4. The van der Waals surface area contributed by atoms with Gasteiger partial charge in [-0.05, 0) is 125 Å². The maximum absolute atomic E-state index is 12.4. The number of rotatable bonds is 0. The monoisotopic (exact) mass is 1190 g/mol. The van der Waals surface area contributed by atoms with Crippen LogP contribution in [0.3, 0.4) is 0 Å². The number of halogens is 9. The van der Waals surface area contributed by atoms with Crippen molar-refractivity contribution in [3.05, 3.63) is 283 Å². The van der Waals surface area contributed by atoms with E-state index in [0.717, 1.165) is 68.5 Å². The number of alkyl halides is 4. The fourth-order valence-electron chi connectivity index (χ4n) is 12.1. The van der Waals surface area contributed by atoms with Gasteiger partial charge in [-0.1, -0.05) is 241 Å². The molecule has 2 nitrogen and oxygen atoms in total. The maximum atomic E-state index is 12.4. The van der Waals surface area contributed by atoms with Gasteiger partial charge in [0.1, 0.15) is 0 Å². The van der Waals surface area contributed by atoms with Crippen molar-refractivity contribution < 1.29 is 9.59 Å². The van der Waals surface area contributed by atoms with E-state index in [4.69, 9.17) is 103 Å². The molecule has 0 radical (unpaired) electrons. The van der Waals surface area contributed by atoms with Crippen LogP contribution in [0.5, 0.6) is 0 Å². The van der Waals surface area contributed by atoms with E-state index in [9.17, 15) is 9.59 Å². The molecule has 0 bridgehead atoms. The molecule has 0 saturated carbocycles. The molecular formula is C64H40Cl9O2P. The molecule has 0 N–H and O–H groups in total. The van der Waals surface area contributed by atoms with E-state index in [1.165, 1.54) is 55.7 Å². The van der Waals surface area contributed by atoms with E-state index in [2.05, 4.69) is 109 Å². The maximum Gasteiger partial charge on any atom is 0.171 e. The van der Waals surface area contributed by atoms with Crippen LogP contribution in [-0.2, 0) is 21.5 Å². The fraction of sp³-hybridized carbons (Fsp3) is 0.0938. The smallest absolute Gasteiger partial charge is 0.171 e. The van der Waals surface area contributed by atoms with E-state index in [1.54, 1.807) is 11.1 Å². The van der Waals surface area contributed by atoms with Crippen LogP contribution in [0.2, 0.25) is 0 Å². The zero-order chi connectivity index (χ0) is 52.9. The molecule has 2 unspecified atom stereocenters. The van der Waals surface area contributed by atoms with Gasteiger partial charge < -0.3 is 0 Å². The number of carbonyl (C=O) groups is 2. The summed E-state index contributed by atoms with van der Waals surface area (Å²) >= 11 is 51.5. The molecular weight excluding hydrogens is 1150 g/mol. The van der Waals surface area contributed by atoms with Gasteiger partial charge in [-0.3, -0.25) is 9.59 Å². The van der Waals surface area contributed by atoms with Gasteiger partial charge in [-0.2, -0.15) is 0 Å². The van der Waals surface area contributed by atoms with Crippen LogP contribution >= 0.6 is 106 Å². The number of carbonyl (C=O) groups excluding carboxylic acids is 2. The molecule has 8 aromatic rings. The Morgan fingerprint density at radius 3 is 1.03 bits per heavy atom. The largest absolute Gasteiger partial charge is 0.293 e. The van der Waals surface area contributed by atoms with Gasteiger partial charge in [-0.15, -0.1) is 0 Å². The third-order valence-electron chi connectivity index (χ3n) is 15.1. The number of ketones is 2.